The van der Waals surface area contributed by atoms with Crippen molar-refractivity contribution < 1.29 is 31.5 Å². The molecule has 0 aromatic heterocycles. The van der Waals surface area contributed by atoms with Crippen molar-refractivity contribution in [3.05, 3.63) is 46.8 Å². The summed E-state index contributed by atoms with van der Waals surface area (Å²) in [5.41, 5.74) is -1.58. The van der Waals surface area contributed by atoms with E-state index < -0.39 is 46.7 Å². The van der Waals surface area contributed by atoms with Crippen molar-refractivity contribution in [1.82, 2.24) is 0 Å². The standard InChI is InChI=1S/C15H15F5O2/c1-3-5-7-8(6-4-2)22-15(21)9-10(16)12(18)14(20)13(19)11(9)17/h4,6,8H,3,5,7H2,1-2H3/b6-4+/t8-/m1/s1. The van der Waals surface area contributed by atoms with Crippen LogP contribution in [0.3, 0.4) is 0 Å². The molecule has 0 spiro atoms. The molecular formula is C15H15F5O2. The lowest BCUT2D eigenvalue weighted by atomic mass is 10.1. The molecule has 1 aromatic carbocycles. The first-order valence-corrected chi connectivity index (χ1v) is 6.70. The number of unbranched alkanes of at least 4 members (excludes halogenated alkanes) is 1. The van der Waals surface area contributed by atoms with Crippen molar-refractivity contribution in [3.8, 4) is 0 Å². The van der Waals surface area contributed by atoms with Crippen LogP contribution < -0.4 is 0 Å². The Morgan fingerprint density at radius 2 is 1.55 bits per heavy atom. The Morgan fingerprint density at radius 1 is 1.05 bits per heavy atom. The van der Waals surface area contributed by atoms with Gasteiger partial charge in [0, 0.05) is 0 Å². The fourth-order valence-corrected chi connectivity index (χ4v) is 1.79. The number of carbonyl (C=O) groups excluding carboxylic acids is 1. The van der Waals surface area contributed by atoms with E-state index in [0.717, 1.165) is 6.42 Å². The highest BCUT2D eigenvalue weighted by atomic mass is 19.2. The molecule has 1 rings (SSSR count). The highest BCUT2D eigenvalue weighted by Crippen LogP contribution is 2.24. The molecule has 122 valence electrons. The molecule has 0 bridgehead atoms. The Hall–Kier alpha value is -1.92. The van der Waals surface area contributed by atoms with Crippen LogP contribution >= 0.6 is 0 Å². The fourth-order valence-electron chi connectivity index (χ4n) is 1.79. The van der Waals surface area contributed by atoms with Crippen LogP contribution in [0.25, 0.3) is 0 Å². The first kappa shape index (κ1) is 18.1. The van der Waals surface area contributed by atoms with E-state index in [0.29, 0.717) is 12.8 Å². The van der Waals surface area contributed by atoms with E-state index in [1.807, 2.05) is 6.92 Å². The molecule has 7 heteroatoms. The molecule has 0 radical (unpaired) electrons. The van der Waals surface area contributed by atoms with E-state index in [-0.39, 0.29) is 0 Å². The predicted molar refractivity (Wildman–Crippen MR) is 69.8 cm³/mol. The van der Waals surface area contributed by atoms with Crippen LogP contribution in [0.2, 0.25) is 0 Å². The molecule has 1 aromatic rings. The molecule has 0 amide bonds. The average Bonchev–Trinajstić information content (AvgIpc) is 2.49. The van der Waals surface area contributed by atoms with Crippen LogP contribution in [0.5, 0.6) is 0 Å². The van der Waals surface area contributed by atoms with E-state index in [1.54, 1.807) is 13.0 Å². The van der Waals surface area contributed by atoms with E-state index in [9.17, 15) is 26.7 Å². The maximum atomic E-state index is 13.5. The third-order valence-corrected chi connectivity index (χ3v) is 2.92. The van der Waals surface area contributed by atoms with Crippen molar-refractivity contribution in [1.29, 1.82) is 0 Å². The number of carbonyl (C=O) groups is 1. The molecule has 0 aliphatic carbocycles. The number of ether oxygens (including phenoxy) is 1. The number of allylic oxidation sites excluding steroid dienone is 1. The summed E-state index contributed by atoms with van der Waals surface area (Å²) in [6, 6.07) is 0. The van der Waals surface area contributed by atoms with E-state index in [4.69, 9.17) is 4.74 Å². The number of hydrogen-bond donors (Lipinski definition) is 0. The number of hydrogen-bond acceptors (Lipinski definition) is 2. The van der Waals surface area contributed by atoms with Gasteiger partial charge in [0.1, 0.15) is 11.7 Å². The molecule has 0 aliphatic heterocycles. The van der Waals surface area contributed by atoms with Gasteiger partial charge in [-0.05, 0) is 25.8 Å². The molecule has 0 aliphatic rings. The quantitative estimate of drug-likeness (QED) is 0.250. The lowest BCUT2D eigenvalue weighted by Crippen LogP contribution is -2.20. The smallest absolute Gasteiger partial charge is 0.344 e. The van der Waals surface area contributed by atoms with Crippen LogP contribution in [0.1, 0.15) is 43.5 Å². The Morgan fingerprint density at radius 3 is 2.00 bits per heavy atom. The van der Waals surface area contributed by atoms with Crippen LogP contribution in [-0.4, -0.2) is 12.1 Å². The predicted octanol–water partition coefficient (Wildman–Crippen LogP) is 4.67. The second-order valence-corrected chi connectivity index (χ2v) is 4.56. The number of rotatable bonds is 6. The SMILES string of the molecule is C/C=C/[C@H](CCCC)OC(=O)c1c(F)c(F)c(F)c(F)c1F. The molecular weight excluding hydrogens is 307 g/mol. The van der Waals surface area contributed by atoms with E-state index in [1.165, 1.54) is 6.08 Å². The first-order valence-electron chi connectivity index (χ1n) is 6.70. The Bertz CT molecular complexity index is 555. The lowest BCUT2D eigenvalue weighted by Gasteiger charge is -2.15. The topological polar surface area (TPSA) is 26.3 Å². The Labute approximate surface area is 124 Å². The summed E-state index contributed by atoms with van der Waals surface area (Å²) in [7, 11) is 0. The largest absolute Gasteiger partial charge is 0.454 e. The van der Waals surface area contributed by atoms with Gasteiger partial charge in [-0.25, -0.2) is 26.7 Å². The van der Waals surface area contributed by atoms with Gasteiger partial charge in [-0.15, -0.1) is 0 Å². The Balaban J connectivity index is 3.12. The van der Waals surface area contributed by atoms with Gasteiger partial charge in [-0.1, -0.05) is 19.4 Å². The number of halogens is 5. The number of benzene rings is 1. The lowest BCUT2D eigenvalue weighted by molar-refractivity contribution is 0.0362. The summed E-state index contributed by atoms with van der Waals surface area (Å²) in [5, 5.41) is 0. The maximum Gasteiger partial charge on any atom is 0.344 e. The summed E-state index contributed by atoms with van der Waals surface area (Å²) in [6.07, 6.45) is 4.06. The molecule has 22 heavy (non-hydrogen) atoms. The van der Waals surface area contributed by atoms with Crippen molar-refractivity contribution >= 4 is 5.97 Å². The second kappa shape index (κ2) is 7.91. The summed E-state index contributed by atoms with van der Waals surface area (Å²) < 4.78 is 70.9. The highest BCUT2D eigenvalue weighted by molar-refractivity contribution is 5.90. The van der Waals surface area contributed by atoms with Crippen LogP contribution in [0.15, 0.2) is 12.2 Å². The normalized spacial score (nSPS) is 12.7. The van der Waals surface area contributed by atoms with Gasteiger partial charge in [0.15, 0.2) is 23.3 Å². The number of esters is 1. The molecule has 0 N–H and O–H groups in total. The molecule has 0 heterocycles. The zero-order valence-electron chi connectivity index (χ0n) is 12.1. The molecule has 1 atom stereocenters. The van der Waals surface area contributed by atoms with Crippen molar-refractivity contribution in [2.75, 3.05) is 0 Å². The van der Waals surface area contributed by atoms with Crippen LogP contribution in [-0.2, 0) is 4.74 Å². The minimum absolute atomic E-state index is 0.377. The van der Waals surface area contributed by atoms with Crippen LogP contribution in [0.4, 0.5) is 22.0 Å². The Kier molecular flexibility index (Phi) is 6.52. The third kappa shape index (κ3) is 3.84. The van der Waals surface area contributed by atoms with Gasteiger partial charge in [-0.2, -0.15) is 0 Å². The zero-order valence-corrected chi connectivity index (χ0v) is 12.1. The highest BCUT2D eigenvalue weighted by Gasteiger charge is 2.31. The molecule has 2 nitrogen and oxygen atoms in total. The van der Waals surface area contributed by atoms with Crippen molar-refractivity contribution in [2.24, 2.45) is 0 Å². The second-order valence-electron chi connectivity index (χ2n) is 4.56. The van der Waals surface area contributed by atoms with Gasteiger partial charge in [0.2, 0.25) is 5.82 Å². The summed E-state index contributed by atoms with van der Waals surface area (Å²) in [5.74, 6) is -12.7. The van der Waals surface area contributed by atoms with E-state index in [2.05, 4.69) is 0 Å². The van der Waals surface area contributed by atoms with Gasteiger partial charge < -0.3 is 4.74 Å². The zero-order chi connectivity index (χ0) is 16.9. The van der Waals surface area contributed by atoms with Gasteiger partial charge in [-0.3, -0.25) is 0 Å². The third-order valence-electron chi connectivity index (χ3n) is 2.92. The average molecular weight is 322 g/mol. The van der Waals surface area contributed by atoms with Crippen LogP contribution in [0, 0.1) is 29.1 Å². The molecule has 0 saturated carbocycles. The maximum absolute atomic E-state index is 13.5. The van der Waals surface area contributed by atoms with E-state index >= 15 is 0 Å². The summed E-state index contributed by atoms with van der Waals surface area (Å²) in [6.45, 7) is 3.53. The monoisotopic (exact) mass is 322 g/mol. The molecule has 0 fully saturated rings. The fraction of sp³-hybridized carbons (Fsp3) is 0.400. The van der Waals surface area contributed by atoms with Gasteiger partial charge in [0.05, 0.1) is 0 Å². The minimum atomic E-state index is -2.32. The van der Waals surface area contributed by atoms with Crippen molar-refractivity contribution in [3.63, 3.8) is 0 Å². The minimum Gasteiger partial charge on any atom is -0.454 e. The van der Waals surface area contributed by atoms with Gasteiger partial charge in [0.25, 0.3) is 0 Å². The molecule has 0 unspecified atom stereocenters. The summed E-state index contributed by atoms with van der Waals surface area (Å²) in [4.78, 5) is 11.8. The molecule has 0 saturated heterocycles. The first-order chi connectivity index (χ1) is 10.3. The summed E-state index contributed by atoms with van der Waals surface area (Å²) >= 11 is 0. The van der Waals surface area contributed by atoms with Crippen molar-refractivity contribution in [2.45, 2.75) is 39.2 Å². The van der Waals surface area contributed by atoms with Gasteiger partial charge >= 0.3 is 5.97 Å².